The van der Waals surface area contributed by atoms with Crippen LogP contribution >= 0.6 is 0 Å². The second-order valence-corrected chi connectivity index (χ2v) is 2.60. The molecule has 60 valence electrons. The average Bonchev–Trinajstić information content (AvgIpc) is 1.82. The minimum atomic E-state index is 0.344. The van der Waals surface area contributed by atoms with Crippen LogP contribution in [0.2, 0.25) is 0 Å². The predicted molar refractivity (Wildman–Crippen MR) is 44.3 cm³/mol. The smallest absolute Gasteiger partial charge is 0.188 e. The zero-order valence-corrected chi connectivity index (χ0v) is 6.99. The molecule has 0 bridgehead atoms. The molecule has 0 atom stereocenters. The Balaban J connectivity index is 3.26. The Hall–Kier alpha value is -0.730. The third-order valence-electron chi connectivity index (χ3n) is 0.985. The van der Waals surface area contributed by atoms with E-state index in [-0.39, 0.29) is 0 Å². The average molecular weight is 143 g/mol. The molecule has 3 N–H and O–H groups in total. The maximum Gasteiger partial charge on any atom is 0.188 e. The zero-order valence-electron chi connectivity index (χ0n) is 6.99. The predicted octanol–water partition coefficient (Wildman–Crippen LogP) is 0.919. The topological polar surface area (TPSA) is 47.9 Å². The summed E-state index contributed by atoms with van der Waals surface area (Å²) in [6.45, 7) is 6.98. The van der Waals surface area contributed by atoms with Gasteiger partial charge in [-0.2, -0.15) is 0 Å². The highest BCUT2D eigenvalue weighted by Gasteiger charge is 1.94. The molecule has 0 saturated carbocycles. The molecule has 3 heteroatoms. The van der Waals surface area contributed by atoms with Crippen LogP contribution < -0.4 is 10.6 Å². The lowest BCUT2D eigenvalue weighted by atomic mass is 10.4. The first-order valence-electron chi connectivity index (χ1n) is 3.75. The quantitative estimate of drug-likeness (QED) is 0.406. The highest BCUT2D eigenvalue weighted by atomic mass is 15.1. The summed E-state index contributed by atoms with van der Waals surface area (Å²) >= 11 is 0. The van der Waals surface area contributed by atoms with Crippen molar-refractivity contribution in [1.82, 2.24) is 10.6 Å². The van der Waals surface area contributed by atoms with E-state index < -0.39 is 0 Å². The molecule has 0 aliphatic carbocycles. The van der Waals surface area contributed by atoms with Crippen molar-refractivity contribution in [3.8, 4) is 0 Å². The van der Waals surface area contributed by atoms with Crippen molar-refractivity contribution in [2.75, 3.05) is 6.54 Å². The monoisotopic (exact) mass is 143 g/mol. The molecule has 10 heavy (non-hydrogen) atoms. The second-order valence-electron chi connectivity index (χ2n) is 2.60. The molecule has 0 rings (SSSR count). The fourth-order valence-corrected chi connectivity index (χ4v) is 0.590. The van der Waals surface area contributed by atoms with Crippen LogP contribution in [0.4, 0.5) is 0 Å². The van der Waals surface area contributed by atoms with Crippen LogP contribution in [-0.2, 0) is 0 Å². The van der Waals surface area contributed by atoms with E-state index in [1.807, 2.05) is 13.8 Å². The van der Waals surface area contributed by atoms with Gasteiger partial charge < -0.3 is 10.6 Å². The van der Waals surface area contributed by atoms with E-state index in [0.717, 1.165) is 13.0 Å². The minimum Gasteiger partial charge on any atom is -0.357 e. The van der Waals surface area contributed by atoms with Gasteiger partial charge in [-0.05, 0) is 20.3 Å². The summed E-state index contributed by atoms with van der Waals surface area (Å²) in [6, 6.07) is 0.344. The number of rotatable bonds is 3. The van der Waals surface area contributed by atoms with Gasteiger partial charge in [0.2, 0.25) is 0 Å². The summed E-state index contributed by atoms with van der Waals surface area (Å²) in [5.41, 5.74) is 0. The largest absolute Gasteiger partial charge is 0.357 e. The van der Waals surface area contributed by atoms with E-state index >= 15 is 0 Å². The molecule has 0 saturated heterocycles. The number of hydrogen-bond donors (Lipinski definition) is 3. The van der Waals surface area contributed by atoms with Crippen LogP contribution in [0.25, 0.3) is 0 Å². The fourth-order valence-electron chi connectivity index (χ4n) is 0.590. The molecule has 3 nitrogen and oxygen atoms in total. The number of nitrogens with one attached hydrogen (secondary N) is 3. The summed E-state index contributed by atoms with van der Waals surface area (Å²) in [4.78, 5) is 0. The summed E-state index contributed by atoms with van der Waals surface area (Å²) in [5.74, 6) is 0.428. The highest BCUT2D eigenvalue weighted by Crippen LogP contribution is 1.75. The Morgan fingerprint density at radius 1 is 1.50 bits per heavy atom. The van der Waals surface area contributed by atoms with Gasteiger partial charge in [-0.3, -0.25) is 5.41 Å². The molecule has 0 aromatic carbocycles. The van der Waals surface area contributed by atoms with Crippen LogP contribution in [0.5, 0.6) is 0 Å². The van der Waals surface area contributed by atoms with Gasteiger partial charge in [-0.15, -0.1) is 0 Å². The molecule has 0 spiro atoms. The van der Waals surface area contributed by atoms with E-state index in [1.54, 1.807) is 0 Å². The van der Waals surface area contributed by atoms with E-state index in [1.165, 1.54) is 0 Å². The van der Waals surface area contributed by atoms with E-state index in [2.05, 4.69) is 17.6 Å². The van der Waals surface area contributed by atoms with Crippen LogP contribution in [0, 0.1) is 5.41 Å². The Labute approximate surface area is 62.7 Å². The summed E-state index contributed by atoms with van der Waals surface area (Å²) in [5, 5.41) is 13.2. The fraction of sp³-hybridized carbons (Fsp3) is 0.857. The highest BCUT2D eigenvalue weighted by molar-refractivity contribution is 5.76. The van der Waals surface area contributed by atoms with Crippen LogP contribution in [0.1, 0.15) is 27.2 Å². The van der Waals surface area contributed by atoms with Gasteiger partial charge in [0.15, 0.2) is 5.96 Å². The molecule has 0 fully saturated rings. The van der Waals surface area contributed by atoms with Crippen LogP contribution in [0.15, 0.2) is 0 Å². The van der Waals surface area contributed by atoms with Crippen LogP contribution in [0.3, 0.4) is 0 Å². The molecule has 0 heterocycles. The first-order valence-corrected chi connectivity index (χ1v) is 3.75. The SMILES string of the molecule is CCCNC(=N)NC(C)C. The number of hydrogen-bond acceptors (Lipinski definition) is 1. The molecule has 0 aliphatic rings. The third-order valence-corrected chi connectivity index (χ3v) is 0.985. The van der Waals surface area contributed by atoms with Crippen LogP contribution in [-0.4, -0.2) is 18.5 Å². The molecule has 0 aliphatic heterocycles. The standard InChI is InChI=1S/C7H17N3/c1-4-5-9-7(8)10-6(2)3/h6H,4-5H2,1-3H3,(H3,8,9,10). The van der Waals surface area contributed by atoms with E-state index in [4.69, 9.17) is 5.41 Å². The van der Waals surface area contributed by atoms with Gasteiger partial charge in [-0.1, -0.05) is 6.92 Å². The minimum absolute atomic E-state index is 0.344. The lowest BCUT2D eigenvalue weighted by Crippen LogP contribution is -2.40. The summed E-state index contributed by atoms with van der Waals surface area (Å²) < 4.78 is 0. The number of guanidine groups is 1. The molecule has 0 aromatic rings. The van der Waals surface area contributed by atoms with Crippen molar-refractivity contribution in [2.24, 2.45) is 0 Å². The van der Waals surface area contributed by atoms with Gasteiger partial charge in [-0.25, -0.2) is 0 Å². The van der Waals surface area contributed by atoms with Crippen molar-refractivity contribution < 1.29 is 0 Å². The first-order chi connectivity index (χ1) is 4.66. The van der Waals surface area contributed by atoms with Gasteiger partial charge in [0.1, 0.15) is 0 Å². The summed E-state index contributed by atoms with van der Waals surface area (Å²) in [7, 11) is 0. The van der Waals surface area contributed by atoms with E-state index in [9.17, 15) is 0 Å². The lowest BCUT2D eigenvalue weighted by molar-refractivity contribution is 0.692. The normalized spacial score (nSPS) is 9.60. The maximum atomic E-state index is 7.30. The molecule has 0 aromatic heterocycles. The molecule has 0 radical (unpaired) electrons. The lowest BCUT2D eigenvalue weighted by Gasteiger charge is -2.11. The Morgan fingerprint density at radius 2 is 2.10 bits per heavy atom. The first kappa shape index (κ1) is 9.27. The van der Waals surface area contributed by atoms with Gasteiger partial charge >= 0.3 is 0 Å². The molecule has 0 unspecified atom stereocenters. The van der Waals surface area contributed by atoms with Gasteiger partial charge in [0.05, 0.1) is 0 Å². The van der Waals surface area contributed by atoms with Crippen molar-refractivity contribution in [2.45, 2.75) is 33.2 Å². The van der Waals surface area contributed by atoms with Crippen molar-refractivity contribution in [3.63, 3.8) is 0 Å². The van der Waals surface area contributed by atoms with Crippen molar-refractivity contribution >= 4 is 5.96 Å². The zero-order chi connectivity index (χ0) is 7.98. The Morgan fingerprint density at radius 3 is 2.50 bits per heavy atom. The second kappa shape index (κ2) is 5.09. The summed E-state index contributed by atoms with van der Waals surface area (Å²) in [6.07, 6.45) is 1.06. The maximum absolute atomic E-state index is 7.30. The molecule has 0 amide bonds. The van der Waals surface area contributed by atoms with Crippen molar-refractivity contribution in [3.05, 3.63) is 0 Å². The van der Waals surface area contributed by atoms with Gasteiger partial charge in [0, 0.05) is 12.6 Å². The third kappa shape index (κ3) is 5.41. The van der Waals surface area contributed by atoms with Gasteiger partial charge in [0.25, 0.3) is 0 Å². The van der Waals surface area contributed by atoms with E-state index in [0.29, 0.717) is 12.0 Å². The Kier molecular flexibility index (Phi) is 4.72. The Bertz CT molecular complexity index is 99.0. The van der Waals surface area contributed by atoms with Crippen molar-refractivity contribution in [1.29, 1.82) is 5.41 Å². The molecular formula is C7H17N3. The molecular weight excluding hydrogens is 126 g/mol.